The highest BCUT2D eigenvalue weighted by Crippen LogP contribution is 2.20. The lowest BCUT2D eigenvalue weighted by Gasteiger charge is -2.09. The smallest absolute Gasteiger partial charge is 0.339 e. The van der Waals surface area contributed by atoms with Gasteiger partial charge in [-0.3, -0.25) is 14.4 Å². The first-order chi connectivity index (χ1) is 28.8. The quantitative estimate of drug-likeness (QED) is 0.0957. The topological polar surface area (TPSA) is 166 Å². The van der Waals surface area contributed by atoms with Crippen molar-refractivity contribution in [1.82, 2.24) is 0 Å². The molecule has 0 fully saturated rings. The maximum atomic E-state index is 12.8. The second-order valence-electron chi connectivity index (χ2n) is 12.0. The molecule has 0 aromatic heterocycles. The molecule has 6 aromatic carbocycles. The third kappa shape index (κ3) is 12.7. The molecule has 0 saturated carbocycles. The number of halogens is 3. The van der Waals surface area contributed by atoms with Gasteiger partial charge in [-0.05, 0) is 109 Å². The zero-order chi connectivity index (χ0) is 43.6. The molecule has 0 aliphatic rings. The van der Waals surface area contributed by atoms with Gasteiger partial charge in [0.05, 0.1) is 55.1 Å². The van der Waals surface area contributed by atoms with Crippen molar-refractivity contribution in [2.45, 2.75) is 0 Å². The van der Waals surface area contributed by atoms with E-state index in [1.807, 2.05) is 0 Å². The first kappa shape index (κ1) is 44.6. The molecular formula is C45H36F3N3O9. The fourth-order valence-electron chi connectivity index (χ4n) is 5.03. The summed E-state index contributed by atoms with van der Waals surface area (Å²) in [5.41, 5.74) is 2.68. The summed E-state index contributed by atoms with van der Waals surface area (Å²) in [7, 11) is 3.79. The zero-order valence-electron chi connectivity index (χ0n) is 32.2. The van der Waals surface area contributed by atoms with Crippen LogP contribution < -0.4 is 16.0 Å². The third-order valence-electron chi connectivity index (χ3n) is 8.06. The van der Waals surface area contributed by atoms with Gasteiger partial charge >= 0.3 is 17.9 Å². The molecule has 3 N–H and O–H groups in total. The number of benzene rings is 6. The molecule has 0 spiro atoms. The molecular weight excluding hydrogens is 784 g/mol. The molecule has 306 valence electrons. The van der Waals surface area contributed by atoms with Crippen LogP contribution in [-0.2, 0) is 14.2 Å². The van der Waals surface area contributed by atoms with Crippen LogP contribution in [0.25, 0.3) is 0 Å². The number of methoxy groups -OCH3 is 3. The molecule has 6 rings (SSSR count). The first-order valence-corrected chi connectivity index (χ1v) is 17.6. The summed E-state index contributed by atoms with van der Waals surface area (Å²) in [6, 6.07) is 34.8. The van der Waals surface area contributed by atoms with Crippen LogP contribution in [0.2, 0.25) is 0 Å². The Morgan fingerprint density at radius 2 is 0.567 bits per heavy atom. The van der Waals surface area contributed by atoms with Crippen LogP contribution in [0.4, 0.5) is 30.2 Å². The van der Waals surface area contributed by atoms with E-state index in [2.05, 4.69) is 30.2 Å². The molecule has 0 aliphatic carbocycles. The molecule has 60 heavy (non-hydrogen) atoms. The maximum Gasteiger partial charge on any atom is 0.339 e. The van der Waals surface area contributed by atoms with Gasteiger partial charge in [-0.2, -0.15) is 0 Å². The maximum absolute atomic E-state index is 12.8. The zero-order valence-corrected chi connectivity index (χ0v) is 32.2. The lowest BCUT2D eigenvalue weighted by molar-refractivity contribution is 0.0592. The van der Waals surface area contributed by atoms with Gasteiger partial charge in [-0.25, -0.2) is 27.6 Å². The second kappa shape index (κ2) is 22.0. The predicted molar refractivity (Wildman–Crippen MR) is 216 cm³/mol. The van der Waals surface area contributed by atoms with E-state index in [0.717, 1.165) is 0 Å². The minimum Gasteiger partial charge on any atom is -0.465 e. The lowest BCUT2D eigenvalue weighted by Crippen LogP contribution is -2.15. The molecule has 0 saturated heterocycles. The molecule has 0 heterocycles. The predicted octanol–water partition coefficient (Wildman–Crippen LogP) is 8.59. The number of hydrogen-bond acceptors (Lipinski definition) is 9. The van der Waals surface area contributed by atoms with Crippen molar-refractivity contribution >= 4 is 52.7 Å². The van der Waals surface area contributed by atoms with Gasteiger partial charge in [-0.1, -0.05) is 36.4 Å². The molecule has 0 unspecified atom stereocenters. The summed E-state index contributed by atoms with van der Waals surface area (Å²) in [4.78, 5) is 70.7. The molecule has 0 bridgehead atoms. The number of esters is 3. The monoisotopic (exact) mass is 819 g/mol. The van der Waals surface area contributed by atoms with Crippen molar-refractivity contribution in [3.63, 3.8) is 0 Å². The summed E-state index contributed by atoms with van der Waals surface area (Å²) < 4.78 is 52.3. The van der Waals surface area contributed by atoms with Crippen LogP contribution >= 0.6 is 0 Å². The van der Waals surface area contributed by atoms with E-state index in [1.54, 1.807) is 72.8 Å². The second-order valence-corrected chi connectivity index (χ2v) is 12.0. The Morgan fingerprint density at radius 1 is 0.350 bits per heavy atom. The summed E-state index contributed by atoms with van der Waals surface area (Å²) >= 11 is 0. The number of hydrogen-bond donors (Lipinski definition) is 3. The molecule has 0 radical (unpaired) electrons. The van der Waals surface area contributed by atoms with Crippen molar-refractivity contribution in [3.8, 4) is 0 Å². The van der Waals surface area contributed by atoms with Gasteiger partial charge < -0.3 is 30.2 Å². The minimum absolute atomic E-state index is 0.255. The van der Waals surface area contributed by atoms with Crippen LogP contribution in [0.1, 0.15) is 62.1 Å². The SMILES string of the molecule is COC(=O)c1ccccc1NC(=O)c1ccc(F)cc1.COC(=O)c1ccccc1NC(=O)c1ccc(F)cc1.COC(=O)c1ccccc1NC(=O)c1ccc(F)cc1. The lowest BCUT2D eigenvalue weighted by atomic mass is 10.1. The van der Waals surface area contributed by atoms with E-state index in [1.165, 1.54) is 94.1 Å². The van der Waals surface area contributed by atoms with Crippen molar-refractivity contribution in [2.24, 2.45) is 0 Å². The summed E-state index contributed by atoms with van der Waals surface area (Å²) in [5.74, 6) is -4.17. The fraction of sp³-hybridized carbons (Fsp3) is 0.0667. The fourth-order valence-corrected chi connectivity index (χ4v) is 5.03. The number of nitrogens with one attached hydrogen (secondary N) is 3. The van der Waals surface area contributed by atoms with Gasteiger partial charge in [-0.15, -0.1) is 0 Å². The number of carbonyl (C=O) groups excluding carboxylic acids is 6. The highest BCUT2D eigenvalue weighted by atomic mass is 19.1. The molecule has 6 aromatic rings. The normalized spacial score (nSPS) is 9.90. The van der Waals surface area contributed by atoms with Crippen LogP contribution in [0, 0.1) is 17.5 Å². The average Bonchev–Trinajstić information content (AvgIpc) is 3.27. The van der Waals surface area contributed by atoms with E-state index in [0.29, 0.717) is 33.8 Å². The highest BCUT2D eigenvalue weighted by molar-refractivity contribution is 6.09. The van der Waals surface area contributed by atoms with Crippen LogP contribution in [0.5, 0.6) is 0 Å². The number of rotatable bonds is 9. The van der Waals surface area contributed by atoms with E-state index in [4.69, 9.17) is 0 Å². The van der Waals surface area contributed by atoms with Gasteiger partial charge in [0.15, 0.2) is 0 Å². The van der Waals surface area contributed by atoms with Crippen molar-refractivity contribution in [2.75, 3.05) is 37.3 Å². The van der Waals surface area contributed by atoms with Crippen molar-refractivity contribution < 1.29 is 56.1 Å². The largest absolute Gasteiger partial charge is 0.465 e. The first-order valence-electron chi connectivity index (χ1n) is 17.6. The van der Waals surface area contributed by atoms with Gasteiger partial charge in [0.2, 0.25) is 0 Å². The number of anilines is 3. The van der Waals surface area contributed by atoms with Crippen molar-refractivity contribution in [1.29, 1.82) is 0 Å². The molecule has 3 amide bonds. The Hall–Kier alpha value is -8.07. The minimum atomic E-state index is -0.542. The molecule has 15 heteroatoms. The van der Waals surface area contributed by atoms with Gasteiger partial charge in [0.1, 0.15) is 17.5 Å². The molecule has 12 nitrogen and oxygen atoms in total. The Bertz CT molecular complexity index is 2190. The Labute approximate surface area is 341 Å². The van der Waals surface area contributed by atoms with Crippen LogP contribution in [0.15, 0.2) is 146 Å². The van der Waals surface area contributed by atoms with Crippen molar-refractivity contribution in [3.05, 3.63) is 196 Å². The number of ether oxygens (including phenoxy) is 3. The van der Waals surface area contributed by atoms with Gasteiger partial charge in [0.25, 0.3) is 17.7 Å². The summed E-state index contributed by atoms with van der Waals surface area (Å²) in [6.07, 6.45) is 0. The standard InChI is InChI=1S/3C15H12FNO3/c3*1-20-15(19)12-4-2-3-5-13(12)17-14(18)10-6-8-11(16)9-7-10/h3*2-9H,1H3,(H,17,18). The van der Waals surface area contributed by atoms with E-state index < -0.39 is 53.1 Å². The summed E-state index contributed by atoms with van der Waals surface area (Å²) in [6.45, 7) is 0. The van der Waals surface area contributed by atoms with E-state index in [9.17, 15) is 41.9 Å². The Balaban J connectivity index is 0.000000198. The number of para-hydroxylation sites is 3. The summed E-state index contributed by atoms with van der Waals surface area (Å²) in [5, 5.41) is 7.80. The molecule has 0 atom stereocenters. The number of amides is 3. The van der Waals surface area contributed by atoms with Crippen LogP contribution in [0.3, 0.4) is 0 Å². The third-order valence-corrected chi connectivity index (χ3v) is 8.06. The van der Waals surface area contributed by atoms with Crippen LogP contribution in [-0.4, -0.2) is 57.0 Å². The number of carbonyl (C=O) groups is 6. The van der Waals surface area contributed by atoms with E-state index >= 15 is 0 Å². The Morgan fingerprint density at radius 3 is 0.783 bits per heavy atom. The average molecular weight is 820 g/mol. The van der Waals surface area contributed by atoms with E-state index in [-0.39, 0.29) is 16.7 Å². The van der Waals surface area contributed by atoms with Gasteiger partial charge in [0, 0.05) is 16.7 Å². The molecule has 0 aliphatic heterocycles. The highest BCUT2D eigenvalue weighted by Gasteiger charge is 2.17. The Kier molecular flexibility index (Phi) is 16.4.